The third-order valence-corrected chi connectivity index (χ3v) is 4.10. The molecule has 3 rings (SSSR count). The van der Waals surface area contributed by atoms with E-state index in [2.05, 4.69) is 5.10 Å². The molecule has 0 atom stereocenters. The summed E-state index contributed by atoms with van der Waals surface area (Å²) in [6.07, 6.45) is 1.70. The van der Waals surface area contributed by atoms with Gasteiger partial charge < -0.3 is 9.80 Å². The molecule has 0 unspecified atom stereocenters. The molecule has 6 heteroatoms. The number of amides is 2. The Bertz CT molecular complexity index is 748. The van der Waals surface area contributed by atoms with Gasteiger partial charge in [0.1, 0.15) is 6.54 Å². The van der Waals surface area contributed by atoms with Crippen LogP contribution in [0.4, 0.5) is 5.69 Å². The molecule has 2 amide bonds. The first-order chi connectivity index (χ1) is 11.0. The minimum atomic E-state index is -0.132. The lowest BCUT2D eigenvalue weighted by Crippen LogP contribution is -2.52. The van der Waals surface area contributed by atoms with Gasteiger partial charge in [0, 0.05) is 32.0 Å². The number of nitrogens with zero attached hydrogens (tertiary/aromatic N) is 4. The minimum absolute atomic E-state index is 0.0602. The van der Waals surface area contributed by atoms with Crippen molar-refractivity contribution in [2.24, 2.45) is 7.05 Å². The topological polar surface area (TPSA) is 58.4 Å². The highest BCUT2D eigenvalue weighted by molar-refractivity contribution is 6.02. The molecule has 1 aromatic carbocycles. The molecule has 1 aromatic heterocycles. The Morgan fingerprint density at radius 2 is 1.83 bits per heavy atom. The van der Waals surface area contributed by atoms with Gasteiger partial charge in [0.15, 0.2) is 0 Å². The zero-order chi connectivity index (χ0) is 16.6. The second-order valence-corrected chi connectivity index (χ2v) is 5.91. The molecule has 1 saturated heterocycles. The van der Waals surface area contributed by atoms with E-state index in [0.717, 1.165) is 11.3 Å². The van der Waals surface area contributed by atoms with Gasteiger partial charge in [-0.15, -0.1) is 0 Å². The van der Waals surface area contributed by atoms with Crippen LogP contribution in [0.2, 0.25) is 0 Å². The minimum Gasteiger partial charge on any atom is -0.327 e. The predicted octanol–water partition coefficient (Wildman–Crippen LogP) is 1.53. The molecule has 0 radical (unpaired) electrons. The second-order valence-electron chi connectivity index (χ2n) is 5.91. The fourth-order valence-electron chi connectivity index (χ4n) is 2.82. The maximum absolute atomic E-state index is 12.6. The molecule has 0 aliphatic carbocycles. The monoisotopic (exact) mass is 312 g/mol. The lowest BCUT2D eigenvalue weighted by atomic mass is 10.1. The summed E-state index contributed by atoms with van der Waals surface area (Å²) in [7, 11) is 1.78. The molecule has 1 aliphatic heterocycles. The van der Waals surface area contributed by atoms with Gasteiger partial charge in [-0.3, -0.25) is 14.3 Å². The number of hydrogen-bond acceptors (Lipinski definition) is 3. The fraction of sp³-hybridized carbons (Fsp3) is 0.353. The van der Waals surface area contributed by atoms with Gasteiger partial charge in [-0.05, 0) is 26.0 Å². The molecule has 0 N–H and O–H groups in total. The molecule has 120 valence electrons. The van der Waals surface area contributed by atoms with E-state index < -0.39 is 0 Å². The standard InChI is InChI=1S/C17H20N4O2/c1-12-4-6-14(7-5-12)21-9-8-20(11-16(21)22)17(23)15-10-19(3)18-13(15)2/h4-7,10H,8-9,11H2,1-3H3. The number of carbonyl (C=O) groups is 2. The van der Waals surface area contributed by atoms with Gasteiger partial charge in [0.05, 0.1) is 11.3 Å². The van der Waals surface area contributed by atoms with E-state index >= 15 is 0 Å². The number of aryl methyl sites for hydroxylation is 3. The summed E-state index contributed by atoms with van der Waals surface area (Å²) in [5.74, 6) is -0.192. The van der Waals surface area contributed by atoms with Crippen molar-refractivity contribution in [3.63, 3.8) is 0 Å². The average molecular weight is 312 g/mol. The van der Waals surface area contributed by atoms with Crippen molar-refractivity contribution in [1.82, 2.24) is 14.7 Å². The molecule has 2 aromatic rings. The van der Waals surface area contributed by atoms with E-state index in [-0.39, 0.29) is 18.4 Å². The van der Waals surface area contributed by atoms with E-state index in [1.807, 2.05) is 31.2 Å². The van der Waals surface area contributed by atoms with E-state index in [0.29, 0.717) is 24.3 Å². The lowest BCUT2D eigenvalue weighted by molar-refractivity contribution is -0.120. The van der Waals surface area contributed by atoms with E-state index in [1.54, 1.807) is 34.6 Å². The van der Waals surface area contributed by atoms with Crippen molar-refractivity contribution in [3.05, 3.63) is 47.3 Å². The molecule has 6 nitrogen and oxygen atoms in total. The summed E-state index contributed by atoms with van der Waals surface area (Å²) in [5, 5.41) is 4.19. The Labute approximate surface area is 135 Å². The molecular weight excluding hydrogens is 292 g/mol. The van der Waals surface area contributed by atoms with Gasteiger partial charge in [-0.1, -0.05) is 17.7 Å². The second kappa shape index (κ2) is 5.87. The molecule has 0 bridgehead atoms. The van der Waals surface area contributed by atoms with Crippen molar-refractivity contribution in [3.8, 4) is 0 Å². The van der Waals surface area contributed by atoms with Crippen LogP contribution in [0.15, 0.2) is 30.5 Å². The highest BCUT2D eigenvalue weighted by Gasteiger charge is 2.29. The molecule has 0 spiro atoms. The number of aromatic nitrogens is 2. The number of carbonyl (C=O) groups excluding carboxylic acids is 2. The fourth-order valence-corrected chi connectivity index (χ4v) is 2.82. The maximum atomic E-state index is 12.6. The largest absolute Gasteiger partial charge is 0.327 e. The van der Waals surface area contributed by atoms with Crippen LogP contribution < -0.4 is 4.90 Å². The summed E-state index contributed by atoms with van der Waals surface area (Å²) < 4.78 is 1.62. The lowest BCUT2D eigenvalue weighted by Gasteiger charge is -2.34. The van der Waals surface area contributed by atoms with E-state index in [9.17, 15) is 9.59 Å². The Morgan fingerprint density at radius 3 is 2.39 bits per heavy atom. The normalized spacial score (nSPS) is 15.2. The van der Waals surface area contributed by atoms with E-state index in [4.69, 9.17) is 0 Å². The summed E-state index contributed by atoms with van der Waals surface area (Å²) in [6, 6.07) is 7.85. The SMILES string of the molecule is Cc1ccc(N2CCN(C(=O)c3cn(C)nc3C)CC2=O)cc1. The van der Waals surface area contributed by atoms with Crippen LogP contribution in [0.25, 0.3) is 0 Å². The number of benzene rings is 1. The first-order valence-corrected chi connectivity index (χ1v) is 7.62. The Balaban J connectivity index is 1.73. The molecule has 2 heterocycles. The molecule has 1 fully saturated rings. The number of anilines is 1. The highest BCUT2D eigenvalue weighted by atomic mass is 16.2. The maximum Gasteiger partial charge on any atom is 0.257 e. The molecule has 23 heavy (non-hydrogen) atoms. The summed E-state index contributed by atoms with van der Waals surface area (Å²) in [4.78, 5) is 28.3. The smallest absolute Gasteiger partial charge is 0.257 e. The van der Waals surface area contributed by atoms with E-state index in [1.165, 1.54) is 0 Å². The van der Waals surface area contributed by atoms with Crippen molar-refractivity contribution in [2.45, 2.75) is 13.8 Å². The van der Waals surface area contributed by atoms with Gasteiger partial charge in [0.2, 0.25) is 5.91 Å². The van der Waals surface area contributed by atoms with Gasteiger partial charge in [0.25, 0.3) is 5.91 Å². The van der Waals surface area contributed by atoms with Crippen LogP contribution in [0.3, 0.4) is 0 Å². The van der Waals surface area contributed by atoms with Crippen molar-refractivity contribution < 1.29 is 9.59 Å². The third-order valence-electron chi connectivity index (χ3n) is 4.10. The zero-order valence-corrected chi connectivity index (χ0v) is 13.6. The highest BCUT2D eigenvalue weighted by Crippen LogP contribution is 2.19. The molecular formula is C17H20N4O2. The number of hydrogen-bond donors (Lipinski definition) is 0. The Kier molecular flexibility index (Phi) is 3.90. The molecule has 1 aliphatic rings. The van der Waals surface area contributed by atoms with Crippen LogP contribution in [-0.2, 0) is 11.8 Å². The summed E-state index contributed by atoms with van der Waals surface area (Å²) >= 11 is 0. The summed E-state index contributed by atoms with van der Waals surface area (Å²) in [5.41, 5.74) is 3.28. The Hall–Kier alpha value is -2.63. The number of rotatable bonds is 2. The first-order valence-electron chi connectivity index (χ1n) is 7.62. The van der Waals surface area contributed by atoms with Crippen molar-refractivity contribution in [2.75, 3.05) is 24.5 Å². The van der Waals surface area contributed by atoms with Gasteiger partial charge in [-0.25, -0.2) is 0 Å². The average Bonchev–Trinajstić information content (AvgIpc) is 2.86. The van der Waals surface area contributed by atoms with Gasteiger partial charge >= 0.3 is 0 Å². The number of piperazine rings is 1. The quantitative estimate of drug-likeness (QED) is 0.845. The van der Waals surface area contributed by atoms with Crippen LogP contribution in [0.1, 0.15) is 21.6 Å². The third kappa shape index (κ3) is 2.97. The van der Waals surface area contributed by atoms with Crippen molar-refractivity contribution in [1.29, 1.82) is 0 Å². The zero-order valence-electron chi connectivity index (χ0n) is 13.6. The van der Waals surface area contributed by atoms with Crippen LogP contribution in [0.5, 0.6) is 0 Å². The first kappa shape index (κ1) is 15.3. The summed E-state index contributed by atoms with van der Waals surface area (Å²) in [6.45, 7) is 4.94. The van der Waals surface area contributed by atoms with Crippen LogP contribution in [0, 0.1) is 13.8 Å². The Morgan fingerprint density at radius 1 is 1.13 bits per heavy atom. The molecule has 0 saturated carbocycles. The van der Waals surface area contributed by atoms with Crippen LogP contribution >= 0.6 is 0 Å². The van der Waals surface area contributed by atoms with Crippen molar-refractivity contribution >= 4 is 17.5 Å². The predicted molar refractivity (Wildman–Crippen MR) is 87.4 cm³/mol. The van der Waals surface area contributed by atoms with Crippen LogP contribution in [-0.4, -0.2) is 46.1 Å². The van der Waals surface area contributed by atoms with Gasteiger partial charge in [-0.2, -0.15) is 5.10 Å².